The van der Waals surface area contributed by atoms with Gasteiger partial charge in [-0.3, -0.25) is 19.7 Å². The number of amidine groups is 1. The third-order valence-corrected chi connectivity index (χ3v) is 4.79. The van der Waals surface area contributed by atoms with Gasteiger partial charge in [0.15, 0.2) is 5.17 Å². The molecule has 0 unspecified atom stereocenters. The van der Waals surface area contributed by atoms with Crippen LogP contribution in [0.25, 0.3) is 0 Å². The second-order valence-electron chi connectivity index (χ2n) is 5.38. The number of carbonyl (C=O) groups excluding carboxylic acids is 1. The quantitative estimate of drug-likeness (QED) is 0.839. The molecule has 0 saturated carbocycles. The number of hydrogen-bond donors (Lipinski definition) is 0. The van der Waals surface area contributed by atoms with Gasteiger partial charge in [-0.05, 0) is 29.3 Å². The normalized spacial score (nSPS) is 13.7. The van der Waals surface area contributed by atoms with E-state index in [1.54, 1.807) is 30.0 Å². The second-order valence-corrected chi connectivity index (χ2v) is 6.33. The topological polar surface area (TPSA) is 54.8 Å². The average molecular weight is 341 g/mol. The lowest BCUT2D eigenvalue weighted by Gasteiger charge is -2.18. The fourth-order valence-electron chi connectivity index (χ4n) is 2.43. The first-order chi connectivity index (χ1) is 11.8. The number of pyridine rings is 1. The summed E-state index contributed by atoms with van der Waals surface area (Å²) in [6.07, 6.45) is 3.97. The summed E-state index contributed by atoms with van der Waals surface area (Å²) in [6, 6.07) is 11.5. The van der Waals surface area contributed by atoms with Gasteiger partial charge in [0.2, 0.25) is 5.91 Å². The molecule has 1 aliphatic rings. The minimum absolute atomic E-state index is 0.0788. The number of rotatable bonds is 5. The summed E-state index contributed by atoms with van der Waals surface area (Å²) in [5.74, 6) is 1.63. The summed E-state index contributed by atoms with van der Waals surface area (Å²) < 4.78 is 5.14. The highest BCUT2D eigenvalue weighted by atomic mass is 32.2. The maximum Gasteiger partial charge on any atom is 0.233 e. The summed E-state index contributed by atoms with van der Waals surface area (Å²) >= 11 is 1.59. The second kappa shape index (κ2) is 7.97. The standard InChI is InChI=1S/C18H19N3O2S/c1-23-16-6-4-14(5-7-16)11-17(22)21-10-9-20-18(21)24-13-15-3-2-8-19-12-15/h2-8,12H,9-11,13H2,1H3. The molecule has 1 aliphatic heterocycles. The molecule has 1 aromatic carbocycles. The summed E-state index contributed by atoms with van der Waals surface area (Å²) in [7, 11) is 1.63. The van der Waals surface area contributed by atoms with Crippen molar-refractivity contribution in [3.63, 3.8) is 0 Å². The van der Waals surface area contributed by atoms with Gasteiger partial charge in [0, 0.05) is 24.7 Å². The number of carbonyl (C=O) groups is 1. The molecule has 0 radical (unpaired) electrons. The number of aliphatic imine (C=N–C) groups is 1. The molecule has 0 fully saturated rings. The molecule has 2 heterocycles. The molecule has 0 aliphatic carbocycles. The van der Waals surface area contributed by atoms with Crippen LogP contribution in [0.15, 0.2) is 53.8 Å². The highest BCUT2D eigenvalue weighted by Gasteiger charge is 2.24. The van der Waals surface area contributed by atoms with Crippen LogP contribution in [0, 0.1) is 0 Å². The van der Waals surface area contributed by atoms with Gasteiger partial charge in [-0.2, -0.15) is 0 Å². The zero-order valence-corrected chi connectivity index (χ0v) is 14.3. The van der Waals surface area contributed by atoms with Crippen molar-refractivity contribution in [3.05, 3.63) is 59.9 Å². The number of methoxy groups -OCH3 is 1. The van der Waals surface area contributed by atoms with Gasteiger partial charge in [-0.15, -0.1) is 0 Å². The van der Waals surface area contributed by atoms with Crippen LogP contribution in [-0.2, 0) is 17.0 Å². The Morgan fingerprint density at radius 3 is 2.79 bits per heavy atom. The van der Waals surface area contributed by atoms with Crippen molar-refractivity contribution < 1.29 is 9.53 Å². The van der Waals surface area contributed by atoms with E-state index in [1.165, 1.54) is 0 Å². The third-order valence-electron chi connectivity index (χ3n) is 3.71. The molecule has 0 spiro atoms. The van der Waals surface area contributed by atoms with Crippen LogP contribution >= 0.6 is 11.8 Å². The molecule has 124 valence electrons. The molecule has 1 amide bonds. The van der Waals surface area contributed by atoms with Crippen LogP contribution < -0.4 is 4.74 Å². The molecular weight excluding hydrogens is 322 g/mol. The monoisotopic (exact) mass is 341 g/mol. The van der Waals surface area contributed by atoms with Crippen LogP contribution in [0.4, 0.5) is 0 Å². The van der Waals surface area contributed by atoms with Crippen LogP contribution in [0.3, 0.4) is 0 Å². The van der Waals surface area contributed by atoms with E-state index >= 15 is 0 Å². The number of ether oxygens (including phenoxy) is 1. The van der Waals surface area contributed by atoms with E-state index < -0.39 is 0 Å². The van der Waals surface area contributed by atoms with E-state index in [-0.39, 0.29) is 5.91 Å². The fraction of sp³-hybridized carbons (Fsp3) is 0.278. The van der Waals surface area contributed by atoms with Crippen molar-refractivity contribution in [2.45, 2.75) is 12.2 Å². The first-order valence-corrected chi connectivity index (χ1v) is 8.74. The SMILES string of the molecule is COc1ccc(CC(=O)N2CCN=C2SCc2cccnc2)cc1. The lowest BCUT2D eigenvalue weighted by atomic mass is 10.1. The van der Waals surface area contributed by atoms with Crippen LogP contribution in [0.2, 0.25) is 0 Å². The van der Waals surface area contributed by atoms with Crippen molar-refractivity contribution in [1.82, 2.24) is 9.88 Å². The maximum absolute atomic E-state index is 12.6. The van der Waals surface area contributed by atoms with Crippen molar-refractivity contribution in [3.8, 4) is 5.75 Å². The summed E-state index contributed by atoms with van der Waals surface area (Å²) in [6.45, 7) is 1.33. The zero-order chi connectivity index (χ0) is 16.8. The maximum atomic E-state index is 12.6. The van der Waals surface area contributed by atoms with E-state index in [9.17, 15) is 4.79 Å². The predicted octanol–water partition coefficient (Wildman–Crippen LogP) is 2.76. The van der Waals surface area contributed by atoms with Crippen molar-refractivity contribution in [2.75, 3.05) is 20.2 Å². The van der Waals surface area contributed by atoms with Gasteiger partial charge >= 0.3 is 0 Å². The minimum Gasteiger partial charge on any atom is -0.497 e. The molecule has 5 nitrogen and oxygen atoms in total. The molecule has 0 N–H and O–H groups in total. The molecule has 0 bridgehead atoms. The number of thioether (sulfide) groups is 1. The van der Waals surface area contributed by atoms with Gasteiger partial charge in [-0.1, -0.05) is 30.0 Å². The van der Waals surface area contributed by atoms with Crippen LogP contribution in [0.1, 0.15) is 11.1 Å². The summed E-state index contributed by atoms with van der Waals surface area (Å²) in [5.41, 5.74) is 2.10. The van der Waals surface area contributed by atoms with E-state index in [0.29, 0.717) is 19.5 Å². The predicted molar refractivity (Wildman–Crippen MR) is 96.2 cm³/mol. The van der Waals surface area contributed by atoms with E-state index in [2.05, 4.69) is 9.98 Å². The molecule has 24 heavy (non-hydrogen) atoms. The largest absolute Gasteiger partial charge is 0.497 e. The Morgan fingerprint density at radius 1 is 1.25 bits per heavy atom. The van der Waals surface area contributed by atoms with Gasteiger partial charge < -0.3 is 4.74 Å². The fourth-order valence-corrected chi connectivity index (χ4v) is 3.42. The number of amides is 1. The van der Waals surface area contributed by atoms with Crippen LogP contribution in [0.5, 0.6) is 5.75 Å². The van der Waals surface area contributed by atoms with Crippen molar-refractivity contribution >= 4 is 22.8 Å². The Kier molecular flexibility index (Phi) is 5.48. The Bertz CT molecular complexity index is 717. The first-order valence-electron chi connectivity index (χ1n) is 7.76. The lowest BCUT2D eigenvalue weighted by Crippen LogP contribution is -2.34. The average Bonchev–Trinajstić information content (AvgIpc) is 3.10. The minimum atomic E-state index is 0.0788. The number of aromatic nitrogens is 1. The molecule has 6 heteroatoms. The highest BCUT2D eigenvalue weighted by Crippen LogP contribution is 2.20. The molecule has 0 atom stereocenters. The number of hydrogen-bond acceptors (Lipinski definition) is 5. The van der Waals surface area contributed by atoms with Gasteiger partial charge in [0.1, 0.15) is 5.75 Å². The first kappa shape index (κ1) is 16.5. The Morgan fingerprint density at radius 2 is 2.08 bits per heavy atom. The molecule has 0 saturated heterocycles. The van der Waals surface area contributed by atoms with E-state index in [4.69, 9.17) is 4.74 Å². The smallest absolute Gasteiger partial charge is 0.233 e. The zero-order valence-electron chi connectivity index (χ0n) is 13.5. The van der Waals surface area contributed by atoms with Gasteiger partial charge in [-0.25, -0.2) is 0 Å². The molecule has 2 aromatic rings. The summed E-state index contributed by atoms with van der Waals surface area (Å²) in [5, 5.41) is 0.803. The van der Waals surface area contributed by atoms with Gasteiger partial charge in [0.05, 0.1) is 20.1 Å². The van der Waals surface area contributed by atoms with Crippen molar-refractivity contribution in [1.29, 1.82) is 0 Å². The number of benzene rings is 1. The Labute approximate surface area is 145 Å². The number of nitrogens with zero attached hydrogens (tertiary/aromatic N) is 3. The molecule has 3 rings (SSSR count). The summed E-state index contributed by atoms with van der Waals surface area (Å²) in [4.78, 5) is 22.9. The van der Waals surface area contributed by atoms with E-state index in [1.807, 2.05) is 42.6 Å². The van der Waals surface area contributed by atoms with E-state index in [0.717, 1.165) is 27.8 Å². The highest BCUT2D eigenvalue weighted by molar-refractivity contribution is 8.13. The lowest BCUT2D eigenvalue weighted by molar-refractivity contribution is -0.126. The Hall–Kier alpha value is -2.34. The third kappa shape index (κ3) is 4.14. The van der Waals surface area contributed by atoms with Gasteiger partial charge in [0.25, 0.3) is 0 Å². The van der Waals surface area contributed by atoms with Crippen LogP contribution in [-0.4, -0.2) is 41.2 Å². The van der Waals surface area contributed by atoms with Crippen molar-refractivity contribution in [2.24, 2.45) is 4.99 Å². The molecular formula is C18H19N3O2S. The molecule has 1 aromatic heterocycles. The Balaban J connectivity index is 1.58.